The molecule has 0 heterocycles. The Morgan fingerprint density at radius 3 is 2.07 bits per heavy atom. The first-order valence-corrected chi connectivity index (χ1v) is 4.78. The van der Waals surface area contributed by atoms with Crippen molar-refractivity contribution < 1.29 is 4.79 Å². The average Bonchev–Trinajstić information content (AvgIpc) is 2.16. The van der Waals surface area contributed by atoms with Crippen molar-refractivity contribution in [3.63, 3.8) is 0 Å². The summed E-state index contributed by atoms with van der Waals surface area (Å²) < 4.78 is 0. The van der Waals surface area contributed by atoms with Crippen LogP contribution in [0.1, 0.15) is 43.6 Å². The average molecular weight is 188 g/mol. The number of carbonyl (C=O) groups excluding carboxylic acids is 1. The topological polar surface area (TPSA) is 17.1 Å². The summed E-state index contributed by atoms with van der Waals surface area (Å²) in [6.07, 6.45) is 0. The molecule has 0 unspecified atom stereocenters. The SMILES string of the molecule is CC(=O)c1cccc(C(C)=C(C)C)c1. The normalized spacial score (nSPS) is 9.71. The van der Waals surface area contributed by atoms with Crippen molar-refractivity contribution in [3.05, 3.63) is 41.0 Å². The molecule has 1 nitrogen and oxygen atoms in total. The van der Waals surface area contributed by atoms with E-state index in [0.29, 0.717) is 0 Å². The van der Waals surface area contributed by atoms with Crippen LogP contribution in [0, 0.1) is 0 Å². The number of carbonyl (C=O) groups is 1. The van der Waals surface area contributed by atoms with Crippen LogP contribution in [0.15, 0.2) is 29.8 Å². The van der Waals surface area contributed by atoms with E-state index in [9.17, 15) is 4.79 Å². The number of hydrogen-bond acceptors (Lipinski definition) is 1. The highest BCUT2D eigenvalue weighted by atomic mass is 16.1. The second kappa shape index (κ2) is 4.23. The van der Waals surface area contributed by atoms with Gasteiger partial charge in [0.2, 0.25) is 0 Å². The van der Waals surface area contributed by atoms with Crippen molar-refractivity contribution in [2.45, 2.75) is 27.7 Å². The van der Waals surface area contributed by atoms with Gasteiger partial charge in [-0.3, -0.25) is 4.79 Å². The molecule has 0 fully saturated rings. The van der Waals surface area contributed by atoms with Gasteiger partial charge in [0.25, 0.3) is 0 Å². The van der Waals surface area contributed by atoms with Gasteiger partial charge >= 0.3 is 0 Å². The summed E-state index contributed by atoms with van der Waals surface area (Å²) in [7, 11) is 0. The summed E-state index contributed by atoms with van der Waals surface area (Å²) in [6.45, 7) is 7.83. The Labute approximate surface area is 85.5 Å². The predicted molar refractivity (Wildman–Crippen MR) is 60.4 cm³/mol. The first kappa shape index (κ1) is 10.7. The van der Waals surface area contributed by atoms with Gasteiger partial charge in [-0.25, -0.2) is 0 Å². The summed E-state index contributed by atoms with van der Waals surface area (Å²) in [5.74, 6) is 0.119. The standard InChI is InChI=1S/C13H16O/c1-9(2)10(3)12-6-5-7-13(8-12)11(4)14/h5-8H,1-4H3. The molecular weight excluding hydrogens is 172 g/mol. The lowest BCUT2D eigenvalue weighted by molar-refractivity contribution is 0.101. The first-order valence-electron chi connectivity index (χ1n) is 4.78. The Bertz CT molecular complexity index is 382. The number of Topliss-reactive ketones (excluding diaryl/α,β-unsaturated/α-hetero) is 1. The van der Waals surface area contributed by atoms with E-state index in [-0.39, 0.29) is 5.78 Å². The maximum atomic E-state index is 11.2. The van der Waals surface area contributed by atoms with Crippen LogP contribution in [-0.4, -0.2) is 5.78 Å². The molecule has 1 rings (SSSR count). The number of allylic oxidation sites excluding steroid dienone is 2. The molecule has 0 aromatic heterocycles. The van der Waals surface area contributed by atoms with Gasteiger partial charge in [-0.2, -0.15) is 0 Å². The van der Waals surface area contributed by atoms with Gasteiger partial charge < -0.3 is 0 Å². The minimum atomic E-state index is 0.119. The van der Waals surface area contributed by atoms with Crippen molar-refractivity contribution in [1.82, 2.24) is 0 Å². The zero-order valence-electron chi connectivity index (χ0n) is 9.22. The fourth-order valence-electron chi connectivity index (χ4n) is 1.26. The van der Waals surface area contributed by atoms with Gasteiger partial charge in [-0.15, -0.1) is 0 Å². The van der Waals surface area contributed by atoms with E-state index in [1.807, 2.05) is 24.3 Å². The van der Waals surface area contributed by atoms with Crippen LogP contribution in [0.25, 0.3) is 5.57 Å². The molecule has 0 saturated carbocycles. The number of hydrogen-bond donors (Lipinski definition) is 0. The summed E-state index contributed by atoms with van der Waals surface area (Å²) in [4.78, 5) is 11.2. The van der Waals surface area contributed by atoms with E-state index in [1.54, 1.807) is 6.92 Å². The lowest BCUT2D eigenvalue weighted by Crippen LogP contribution is -1.93. The molecule has 0 aliphatic heterocycles. The van der Waals surface area contributed by atoms with Crippen molar-refractivity contribution in [2.24, 2.45) is 0 Å². The Hall–Kier alpha value is -1.37. The maximum absolute atomic E-state index is 11.2. The lowest BCUT2D eigenvalue weighted by atomic mass is 10.00. The summed E-state index contributed by atoms with van der Waals surface area (Å²) in [5, 5.41) is 0. The fraction of sp³-hybridized carbons (Fsp3) is 0.308. The van der Waals surface area contributed by atoms with Crippen LogP contribution in [0.2, 0.25) is 0 Å². The number of ketones is 1. The third-order valence-corrected chi connectivity index (χ3v) is 2.45. The molecule has 1 aromatic rings. The highest BCUT2D eigenvalue weighted by Gasteiger charge is 2.02. The Morgan fingerprint density at radius 1 is 1.00 bits per heavy atom. The number of rotatable bonds is 2. The van der Waals surface area contributed by atoms with E-state index in [1.165, 1.54) is 11.1 Å². The quantitative estimate of drug-likeness (QED) is 0.647. The second-order valence-electron chi connectivity index (χ2n) is 3.76. The van der Waals surface area contributed by atoms with Crippen molar-refractivity contribution in [2.75, 3.05) is 0 Å². The molecule has 0 spiro atoms. The van der Waals surface area contributed by atoms with E-state index in [4.69, 9.17) is 0 Å². The molecule has 0 aliphatic carbocycles. The summed E-state index contributed by atoms with van der Waals surface area (Å²) in [5.41, 5.74) is 4.44. The molecule has 0 amide bonds. The Kier molecular flexibility index (Phi) is 3.23. The lowest BCUT2D eigenvalue weighted by Gasteiger charge is -2.05. The van der Waals surface area contributed by atoms with E-state index < -0.39 is 0 Å². The molecule has 0 radical (unpaired) electrons. The van der Waals surface area contributed by atoms with Gasteiger partial charge in [0.1, 0.15) is 0 Å². The highest BCUT2D eigenvalue weighted by Crippen LogP contribution is 2.18. The van der Waals surface area contributed by atoms with Crippen LogP contribution < -0.4 is 0 Å². The van der Waals surface area contributed by atoms with Gasteiger partial charge in [-0.1, -0.05) is 23.8 Å². The minimum Gasteiger partial charge on any atom is -0.295 e. The van der Waals surface area contributed by atoms with Gasteiger partial charge in [0.15, 0.2) is 5.78 Å². The minimum absolute atomic E-state index is 0.119. The molecular formula is C13H16O. The molecule has 0 N–H and O–H groups in total. The molecule has 74 valence electrons. The highest BCUT2D eigenvalue weighted by molar-refractivity contribution is 5.94. The summed E-state index contributed by atoms with van der Waals surface area (Å²) >= 11 is 0. The van der Waals surface area contributed by atoms with Gasteiger partial charge in [0.05, 0.1) is 0 Å². The Balaban J connectivity index is 3.19. The molecule has 0 bridgehead atoms. The zero-order valence-corrected chi connectivity index (χ0v) is 9.22. The molecule has 0 saturated heterocycles. The first-order chi connectivity index (χ1) is 6.52. The van der Waals surface area contributed by atoms with Crippen molar-refractivity contribution in [3.8, 4) is 0 Å². The molecule has 1 aromatic carbocycles. The monoisotopic (exact) mass is 188 g/mol. The van der Waals surface area contributed by atoms with E-state index in [2.05, 4.69) is 20.8 Å². The maximum Gasteiger partial charge on any atom is 0.159 e. The largest absolute Gasteiger partial charge is 0.295 e. The van der Waals surface area contributed by atoms with Gasteiger partial charge in [0, 0.05) is 5.56 Å². The molecule has 0 atom stereocenters. The van der Waals surface area contributed by atoms with Crippen LogP contribution in [0.3, 0.4) is 0 Å². The molecule has 14 heavy (non-hydrogen) atoms. The molecule has 0 aliphatic rings. The predicted octanol–water partition coefficient (Wildman–Crippen LogP) is 3.70. The van der Waals surface area contributed by atoms with E-state index >= 15 is 0 Å². The van der Waals surface area contributed by atoms with Crippen LogP contribution in [0.4, 0.5) is 0 Å². The fourth-order valence-corrected chi connectivity index (χ4v) is 1.26. The van der Waals surface area contributed by atoms with Gasteiger partial charge in [-0.05, 0) is 44.9 Å². The second-order valence-corrected chi connectivity index (χ2v) is 3.76. The zero-order chi connectivity index (χ0) is 10.7. The van der Waals surface area contributed by atoms with Crippen LogP contribution in [0.5, 0.6) is 0 Å². The number of benzene rings is 1. The third-order valence-electron chi connectivity index (χ3n) is 2.45. The smallest absolute Gasteiger partial charge is 0.159 e. The third kappa shape index (κ3) is 2.32. The van der Waals surface area contributed by atoms with Crippen LogP contribution >= 0.6 is 0 Å². The van der Waals surface area contributed by atoms with Crippen molar-refractivity contribution >= 4 is 11.4 Å². The molecule has 1 heteroatoms. The van der Waals surface area contributed by atoms with E-state index in [0.717, 1.165) is 11.1 Å². The van der Waals surface area contributed by atoms with Crippen LogP contribution in [-0.2, 0) is 0 Å². The Morgan fingerprint density at radius 2 is 1.57 bits per heavy atom. The van der Waals surface area contributed by atoms with Crippen molar-refractivity contribution in [1.29, 1.82) is 0 Å². The summed E-state index contributed by atoms with van der Waals surface area (Å²) in [6, 6.07) is 7.77.